The normalized spacial score (nSPS) is 17.4. The maximum absolute atomic E-state index is 14.0. The van der Waals surface area contributed by atoms with Crippen LogP contribution in [0.2, 0.25) is 0 Å². The molecule has 6 amide bonds. The fraction of sp³-hybridized carbons (Fsp3) is 0.639. The molecule has 0 aromatic heterocycles. The highest BCUT2D eigenvalue weighted by Crippen LogP contribution is 2.36. The first kappa shape index (κ1) is 41.7. The van der Waals surface area contributed by atoms with Gasteiger partial charge in [0.2, 0.25) is 29.4 Å². The number of likely N-dealkylation sites (tertiary alicyclic amines) is 1. The molecule has 1 aliphatic heterocycles. The van der Waals surface area contributed by atoms with Crippen molar-refractivity contribution in [3.8, 4) is 0 Å². The number of Topliss-reactive ketones (excluding diaryl/α,β-unsaturated/α-hetero) is 1. The summed E-state index contributed by atoms with van der Waals surface area (Å²) >= 11 is 0. The van der Waals surface area contributed by atoms with Gasteiger partial charge in [0.05, 0.1) is 12.6 Å². The van der Waals surface area contributed by atoms with Gasteiger partial charge in [0, 0.05) is 20.6 Å². The number of hydrogen-bond donors (Lipinski definition) is 4. The van der Waals surface area contributed by atoms with E-state index in [2.05, 4.69) is 21.3 Å². The Balaban J connectivity index is 2.18. The molecule has 2 rings (SSSR count). The van der Waals surface area contributed by atoms with Crippen molar-refractivity contribution in [1.29, 1.82) is 0 Å². The Bertz CT molecular complexity index is 1410. The third-order valence-electron chi connectivity index (χ3n) is 8.05. The lowest BCUT2D eigenvalue weighted by atomic mass is 9.85. The summed E-state index contributed by atoms with van der Waals surface area (Å²) in [5.74, 6) is -4.19. The number of amides is 6. The molecule has 1 saturated heterocycles. The summed E-state index contributed by atoms with van der Waals surface area (Å²) in [5.41, 5.74) is -1.45. The molecule has 1 aromatic carbocycles. The zero-order chi connectivity index (χ0) is 38.2. The van der Waals surface area contributed by atoms with E-state index in [1.165, 1.54) is 9.80 Å². The van der Waals surface area contributed by atoms with Gasteiger partial charge in [-0.15, -0.1) is 0 Å². The number of rotatable bonds is 13. The fourth-order valence-corrected chi connectivity index (χ4v) is 5.61. The number of nitrogens with zero attached hydrogens (tertiary/aromatic N) is 2. The van der Waals surface area contributed by atoms with E-state index in [4.69, 9.17) is 4.74 Å². The fourth-order valence-electron chi connectivity index (χ4n) is 5.61. The Kier molecular flexibility index (Phi) is 14.1. The van der Waals surface area contributed by atoms with Crippen LogP contribution in [0.4, 0.5) is 4.79 Å². The number of benzene rings is 1. The van der Waals surface area contributed by atoms with Crippen LogP contribution >= 0.6 is 0 Å². The monoisotopic (exact) mass is 700 g/mol. The topological polar surface area (TPSA) is 183 Å². The Morgan fingerprint density at radius 1 is 0.940 bits per heavy atom. The number of alkyl carbamates (subject to hydrolysis) is 1. The van der Waals surface area contributed by atoms with E-state index in [1.807, 2.05) is 13.8 Å². The van der Waals surface area contributed by atoms with E-state index < -0.39 is 82.6 Å². The zero-order valence-electron chi connectivity index (χ0n) is 31.4. The summed E-state index contributed by atoms with van der Waals surface area (Å²) in [4.78, 5) is 95.1. The van der Waals surface area contributed by atoms with Crippen LogP contribution in [0.1, 0.15) is 93.2 Å². The maximum atomic E-state index is 14.0. The van der Waals surface area contributed by atoms with Crippen LogP contribution < -0.4 is 21.3 Å². The number of ketones is 1. The van der Waals surface area contributed by atoms with E-state index in [0.717, 1.165) is 0 Å². The first-order valence-corrected chi connectivity index (χ1v) is 16.9. The molecule has 0 saturated carbocycles. The summed E-state index contributed by atoms with van der Waals surface area (Å²) in [6.07, 6.45) is 0.0904. The van der Waals surface area contributed by atoms with Crippen LogP contribution in [0, 0.1) is 10.8 Å². The summed E-state index contributed by atoms with van der Waals surface area (Å²) in [6, 6.07) is 4.38. The number of hydrogen-bond acceptors (Lipinski definition) is 8. The van der Waals surface area contributed by atoms with Gasteiger partial charge < -0.3 is 35.8 Å². The number of nitrogens with one attached hydrogen (secondary N) is 4. The van der Waals surface area contributed by atoms with Crippen molar-refractivity contribution < 1.29 is 38.3 Å². The summed E-state index contributed by atoms with van der Waals surface area (Å²) in [5, 5.41) is 10.3. The van der Waals surface area contributed by atoms with E-state index >= 15 is 0 Å². The van der Waals surface area contributed by atoms with Crippen LogP contribution in [-0.2, 0) is 33.5 Å². The largest absolute Gasteiger partial charge is 0.444 e. The zero-order valence-corrected chi connectivity index (χ0v) is 31.4. The van der Waals surface area contributed by atoms with Gasteiger partial charge in [-0.05, 0) is 50.0 Å². The van der Waals surface area contributed by atoms with Gasteiger partial charge in [0.25, 0.3) is 5.91 Å². The molecule has 50 heavy (non-hydrogen) atoms. The maximum Gasteiger partial charge on any atom is 0.408 e. The summed E-state index contributed by atoms with van der Waals surface area (Å²) in [6.45, 7) is 15.8. The first-order chi connectivity index (χ1) is 23.0. The Labute approximate surface area is 295 Å². The Morgan fingerprint density at radius 3 is 2.06 bits per heavy atom. The van der Waals surface area contributed by atoms with Crippen molar-refractivity contribution >= 4 is 41.4 Å². The molecule has 0 bridgehead atoms. The SMILES string of the molecule is CCCC(NC(=O)[C@@H]1CC(C)(C)CN1C(=O)[C@@H](NC(=O)OC(C)(C)C)C(C)(C)C)C(=O)C(=O)NCC(=O)NC(C(=O)N(C)C)c1ccccc1. The number of carbonyl (C=O) groups is 7. The van der Waals surface area contributed by atoms with E-state index in [0.29, 0.717) is 12.0 Å². The lowest BCUT2D eigenvalue weighted by Gasteiger charge is -2.36. The van der Waals surface area contributed by atoms with Crippen LogP contribution in [-0.4, -0.2) is 102 Å². The minimum Gasteiger partial charge on any atom is -0.444 e. The molecule has 1 fully saturated rings. The van der Waals surface area contributed by atoms with Crippen LogP contribution in [0.25, 0.3) is 0 Å². The van der Waals surface area contributed by atoms with Gasteiger partial charge in [-0.3, -0.25) is 28.8 Å². The minimum atomic E-state index is -1.22. The minimum absolute atomic E-state index is 0.131. The van der Waals surface area contributed by atoms with E-state index in [1.54, 1.807) is 92.9 Å². The highest BCUT2D eigenvalue weighted by Gasteiger charge is 2.48. The van der Waals surface area contributed by atoms with Gasteiger partial charge in [-0.1, -0.05) is 78.3 Å². The number of ether oxygens (including phenoxy) is 1. The molecule has 1 aliphatic rings. The Morgan fingerprint density at radius 2 is 1.54 bits per heavy atom. The van der Waals surface area contributed by atoms with Crippen molar-refractivity contribution in [3.05, 3.63) is 35.9 Å². The summed E-state index contributed by atoms with van der Waals surface area (Å²) in [7, 11) is 3.11. The van der Waals surface area contributed by atoms with Crippen molar-refractivity contribution in [2.45, 2.75) is 111 Å². The molecule has 1 aromatic rings. The average molecular weight is 701 g/mol. The second kappa shape index (κ2) is 16.9. The van der Waals surface area contributed by atoms with Gasteiger partial charge in [0.1, 0.15) is 23.7 Å². The molecule has 278 valence electrons. The second-order valence-corrected chi connectivity index (χ2v) is 15.8. The van der Waals surface area contributed by atoms with Crippen molar-refractivity contribution in [2.75, 3.05) is 27.2 Å². The smallest absolute Gasteiger partial charge is 0.408 e. The second-order valence-electron chi connectivity index (χ2n) is 15.8. The summed E-state index contributed by atoms with van der Waals surface area (Å²) < 4.78 is 5.40. The predicted octanol–water partition coefficient (Wildman–Crippen LogP) is 2.47. The van der Waals surface area contributed by atoms with Crippen LogP contribution in [0.15, 0.2) is 30.3 Å². The third kappa shape index (κ3) is 12.1. The lowest BCUT2D eigenvalue weighted by molar-refractivity contribution is -0.144. The van der Waals surface area contributed by atoms with Crippen molar-refractivity contribution in [3.63, 3.8) is 0 Å². The molecular formula is C36H56N6O8. The molecule has 4 N–H and O–H groups in total. The number of likely N-dealkylation sites (N-methyl/N-ethyl adjacent to an activating group) is 1. The van der Waals surface area contributed by atoms with Crippen molar-refractivity contribution in [1.82, 2.24) is 31.1 Å². The lowest BCUT2D eigenvalue weighted by Crippen LogP contribution is -2.59. The third-order valence-corrected chi connectivity index (χ3v) is 8.05. The van der Waals surface area contributed by atoms with Gasteiger partial charge in [-0.25, -0.2) is 4.79 Å². The molecule has 0 aliphatic carbocycles. The van der Waals surface area contributed by atoms with Gasteiger partial charge >= 0.3 is 6.09 Å². The first-order valence-electron chi connectivity index (χ1n) is 16.9. The predicted molar refractivity (Wildman–Crippen MR) is 187 cm³/mol. The van der Waals surface area contributed by atoms with E-state index in [-0.39, 0.29) is 25.3 Å². The average Bonchev–Trinajstić information content (AvgIpc) is 3.34. The standard InChI is InChI=1S/C36H56N6O8/c1-12-16-23(27(44)30(46)37-20-25(43)39-26(31(47)41(10)11)22-17-14-13-15-18-22)38-29(45)24-19-36(8,9)21-42(24)32(48)28(34(2,3)4)40-33(49)50-35(5,6)7/h13-15,17-18,23-24,26,28H,12,16,19-21H2,1-11H3,(H,37,46)(H,38,45)(H,39,43)(H,40,49)/t23?,24-,26?,28+/m0/s1. The van der Waals surface area contributed by atoms with Crippen LogP contribution in [0.5, 0.6) is 0 Å². The highest BCUT2D eigenvalue weighted by molar-refractivity contribution is 6.38. The van der Waals surface area contributed by atoms with Gasteiger partial charge in [0.15, 0.2) is 0 Å². The molecular weight excluding hydrogens is 644 g/mol. The molecule has 14 heteroatoms. The molecule has 0 radical (unpaired) electrons. The Hall–Kier alpha value is -4.49. The quantitative estimate of drug-likeness (QED) is 0.226. The van der Waals surface area contributed by atoms with Crippen LogP contribution in [0.3, 0.4) is 0 Å². The molecule has 1 heterocycles. The molecule has 0 spiro atoms. The van der Waals surface area contributed by atoms with E-state index in [9.17, 15) is 33.6 Å². The molecule has 4 atom stereocenters. The number of carbonyl (C=O) groups excluding carboxylic acids is 7. The van der Waals surface area contributed by atoms with Crippen molar-refractivity contribution in [2.24, 2.45) is 10.8 Å². The highest BCUT2D eigenvalue weighted by atomic mass is 16.6. The molecule has 14 nitrogen and oxygen atoms in total. The van der Waals surface area contributed by atoms with Gasteiger partial charge in [-0.2, -0.15) is 0 Å². The molecule has 2 unspecified atom stereocenters.